The summed E-state index contributed by atoms with van der Waals surface area (Å²) in [6, 6.07) is 33.3. The number of para-hydroxylation sites is 1. The Hall–Kier alpha value is -5.36. The molecule has 0 aliphatic carbocycles. The fourth-order valence-corrected chi connectivity index (χ4v) is 5.37. The monoisotopic (exact) mass is 518 g/mol. The number of pyridine rings is 2. The summed E-state index contributed by atoms with van der Waals surface area (Å²) in [7, 11) is 0. The lowest BCUT2D eigenvalue weighted by atomic mass is 10.1. The molecule has 192 valence electrons. The maximum absolute atomic E-state index is 4.59. The predicted octanol–water partition coefficient (Wildman–Crippen LogP) is 7.76. The van der Waals surface area contributed by atoms with E-state index in [0.717, 1.165) is 27.9 Å². The van der Waals surface area contributed by atoms with E-state index in [2.05, 4.69) is 111 Å². The summed E-state index contributed by atoms with van der Waals surface area (Å²) in [4.78, 5) is 17.8. The summed E-state index contributed by atoms with van der Waals surface area (Å²) in [5, 5.41) is 4.77. The highest BCUT2D eigenvalue weighted by atomic mass is 15.2. The van der Waals surface area contributed by atoms with Crippen molar-refractivity contribution in [3.05, 3.63) is 133 Å². The quantitative estimate of drug-likeness (QED) is 0.235. The minimum absolute atomic E-state index is 0.648. The van der Waals surface area contributed by atoms with Crippen LogP contribution in [0.15, 0.2) is 122 Å². The van der Waals surface area contributed by atoms with Crippen LogP contribution in [0.1, 0.15) is 11.1 Å². The molecule has 0 bridgehead atoms. The predicted molar refractivity (Wildman–Crippen MR) is 162 cm³/mol. The van der Waals surface area contributed by atoms with E-state index < -0.39 is 0 Å². The summed E-state index contributed by atoms with van der Waals surface area (Å²) in [5.41, 5.74) is 7.84. The van der Waals surface area contributed by atoms with Gasteiger partial charge in [0, 0.05) is 52.0 Å². The Kier molecular flexibility index (Phi) is 5.78. The normalized spacial score (nSPS) is 11.2. The number of hydrogen-bond acceptors (Lipinski definition) is 4. The molecule has 6 nitrogen and oxygen atoms in total. The van der Waals surface area contributed by atoms with Crippen molar-refractivity contribution >= 4 is 43.9 Å². The van der Waals surface area contributed by atoms with Crippen LogP contribution in [-0.2, 0) is 0 Å². The zero-order chi connectivity index (χ0) is 27.1. The first-order chi connectivity index (χ1) is 19.7. The Labute approximate surface area is 231 Å². The Morgan fingerprint density at radius 1 is 0.450 bits per heavy atom. The van der Waals surface area contributed by atoms with Gasteiger partial charge in [0.2, 0.25) is 5.95 Å². The topological polar surface area (TPSA) is 61.4 Å². The SMILES string of the molecule is Cc1ccc2c(c1)c1cccnc1n2-c1ccccc1.Cc1ccc2c(c1)c1cccnc1n2-c1ncccn1. The largest absolute Gasteiger partial charge is 0.294 e. The van der Waals surface area contributed by atoms with Crippen molar-refractivity contribution in [3.8, 4) is 11.6 Å². The minimum Gasteiger partial charge on any atom is -0.294 e. The van der Waals surface area contributed by atoms with Gasteiger partial charge in [0.1, 0.15) is 11.3 Å². The number of aryl methyl sites for hydroxylation is 2. The molecule has 0 aliphatic heterocycles. The van der Waals surface area contributed by atoms with Gasteiger partial charge in [-0.2, -0.15) is 0 Å². The summed E-state index contributed by atoms with van der Waals surface area (Å²) in [5.74, 6) is 0.648. The molecule has 0 atom stereocenters. The Balaban J connectivity index is 0.000000132. The van der Waals surface area contributed by atoms with Crippen LogP contribution < -0.4 is 0 Å². The zero-order valence-corrected chi connectivity index (χ0v) is 22.2. The lowest BCUT2D eigenvalue weighted by Gasteiger charge is -2.06. The van der Waals surface area contributed by atoms with Crippen LogP contribution in [-0.4, -0.2) is 29.1 Å². The van der Waals surface area contributed by atoms with Gasteiger partial charge in [-0.1, -0.05) is 41.5 Å². The molecular formula is C34H26N6. The molecule has 0 aliphatic rings. The van der Waals surface area contributed by atoms with Gasteiger partial charge in [-0.15, -0.1) is 0 Å². The molecule has 0 saturated carbocycles. The van der Waals surface area contributed by atoms with Crippen LogP contribution in [0, 0.1) is 13.8 Å². The molecule has 0 radical (unpaired) electrons. The molecule has 0 N–H and O–H groups in total. The van der Waals surface area contributed by atoms with E-state index >= 15 is 0 Å². The third-order valence-electron chi connectivity index (χ3n) is 7.13. The molecule has 5 aromatic heterocycles. The average molecular weight is 519 g/mol. The molecule has 5 heterocycles. The molecule has 8 rings (SSSR count). The lowest BCUT2D eigenvalue weighted by Crippen LogP contribution is -2.00. The maximum Gasteiger partial charge on any atom is 0.235 e. The smallest absolute Gasteiger partial charge is 0.235 e. The lowest BCUT2D eigenvalue weighted by molar-refractivity contribution is 0.975. The third-order valence-corrected chi connectivity index (χ3v) is 7.13. The number of rotatable bonds is 2. The Bertz CT molecular complexity index is 1970. The highest BCUT2D eigenvalue weighted by Crippen LogP contribution is 2.31. The molecule has 3 aromatic carbocycles. The number of nitrogens with zero attached hydrogens (tertiary/aromatic N) is 6. The number of aromatic nitrogens is 6. The summed E-state index contributed by atoms with van der Waals surface area (Å²) in [6.45, 7) is 4.22. The van der Waals surface area contributed by atoms with Crippen LogP contribution in [0.5, 0.6) is 0 Å². The van der Waals surface area contributed by atoms with E-state index in [1.807, 2.05) is 35.0 Å². The Morgan fingerprint density at radius 2 is 0.975 bits per heavy atom. The second-order valence-corrected chi connectivity index (χ2v) is 9.85. The molecule has 0 fully saturated rings. The molecule has 0 amide bonds. The first kappa shape index (κ1) is 23.7. The van der Waals surface area contributed by atoms with Crippen molar-refractivity contribution in [1.29, 1.82) is 0 Å². The number of fused-ring (bicyclic) bond motifs is 6. The highest BCUT2D eigenvalue weighted by molar-refractivity contribution is 6.08. The fraction of sp³-hybridized carbons (Fsp3) is 0.0588. The van der Waals surface area contributed by atoms with Gasteiger partial charge in [0.05, 0.1) is 11.0 Å². The van der Waals surface area contributed by atoms with E-state index in [4.69, 9.17) is 0 Å². The molecule has 0 saturated heterocycles. The van der Waals surface area contributed by atoms with Crippen molar-refractivity contribution in [3.63, 3.8) is 0 Å². The van der Waals surface area contributed by atoms with Crippen molar-refractivity contribution in [2.45, 2.75) is 13.8 Å². The van der Waals surface area contributed by atoms with Gasteiger partial charge in [-0.25, -0.2) is 19.9 Å². The van der Waals surface area contributed by atoms with Gasteiger partial charge >= 0.3 is 0 Å². The minimum atomic E-state index is 0.648. The van der Waals surface area contributed by atoms with Crippen LogP contribution in [0.3, 0.4) is 0 Å². The zero-order valence-electron chi connectivity index (χ0n) is 22.2. The van der Waals surface area contributed by atoms with Gasteiger partial charge in [-0.3, -0.25) is 9.13 Å². The molecular weight excluding hydrogens is 492 g/mol. The molecule has 0 unspecified atom stereocenters. The van der Waals surface area contributed by atoms with Crippen molar-refractivity contribution in [2.24, 2.45) is 0 Å². The first-order valence-electron chi connectivity index (χ1n) is 13.2. The first-order valence-corrected chi connectivity index (χ1v) is 13.2. The summed E-state index contributed by atoms with van der Waals surface area (Å²) >= 11 is 0. The summed E-state index contributed by atoms with van der Waals surface area (Å²) < 4.78 is 4.23. The van der Waals surface area contributed by atoms with Crippen LogP contribution >= 0.6 is 0 Å². The van der Waals surface area contributed by atoms with E-state index in [0.29, 0.717) is 5.95 Å². The van der Waals surface area contributed by atoms with E-state index in [-0.39, 0.29) is 0 Å². The van der Waals surface area contributed by atoms with Crippen molar-refractivity contribution < 1.29 is 0 Å². The van der Waals surface area contributed by atoms with Gasteiger partial charge in [0.15, 0.2) is 0 Å². The van der Waals surface area contributed by atoms with E-state index in [1.165, 1.54) is 32.8 Å². The van der Waals surface area contributed by atoms with Crippen molar-refractivity contribution in [2.75, 3.05) is 0 Å². The molecule has 8 aromatic rings. The highest BCUT2D eigenvalue weighted by Gasteiger charge is 2.14. The second kappa shape index (κ2) is 9.75. The van der Waals surface area contributed by atoms with E-state index in [1.54, 1.807) is 18.6 Å². The Morgan fingerprint density at radius 3 is 1.57 bits per heavy atom. The third kappa shape index (κ3) is 3.98. The van der Waals surface area contributed by atoms with Crippen LogP contribution in [0.2, 0.25) is 0 Å². The van der Waals surface area contributed by atoms with Gasteiger partial charge in [0.25, 0.3) is 0 Å². The average Bonchev–Trinajstić information content (AvgIpc) is 3.51. The number of hydrogen-bond donors (Lipinski definition) is 0. The van der Waals surface area contributed by atoms with E-state index in [9.17, 15) is 0 Å². The van der Waals surface area contributed by atoms with Crippen molar-refractivity contribution in [1.82, 2.24) is 29.1 Å². The second-order valence-electron chi connectivity index (χ2n) is 9.85. The van der Waals surface area contributed by atoms with Gasteiger partial charge in [-0.05, 0) is 80.6 Å². The van der Waals surface area contributed by atoms with Crippen LogP contribution in [0.4, 0.5) is 0 Å². The molecule has 40 heavy (non-hydrogen) atoms. The number of benzene rings is 3. The standard InChI is InChI=1S/C18H14N2.C16H12N4/c1-13-9-10-17-16(12-13)15-8-5-11-19-18(15)20(17)14-6-3-2-4-7-14;1-11-5-6-14-13(10-11)12-4-2-7-17-15(12)20(14)16-18-8-3-9-19-16/h2-12H,1H3;2-10H,1H3. The van der Waals surface area contributed by atoms with Gasteiger partial charge < -0.3 is 0 Å². The fourth-order valence-electron chi connectivity index (χ4n) is 5.37. The molecule has 6 heteroatoms. The maximum atomic E-state index is 4.59. The summed E-state index contributed by atoms with van der Waals surface area (Å²) in [6.07, 6.45) is 7.15. The molecule has 0 spiro atoms. The van der Waals surface area contributed by atoms with Crippen LogP contribution in [0.25, 0.3) is 55.5 Å².